The molecule has 0 aromatic heterocycles. The largest absolute Gasteiger partial charge is 0.299 e. The van der Waals surface area contributed by atoms with Crippen molar-refractivity contribution in [2.45, 2.75) is 39.0 Å². The molecule has 0 amide bonds. The minimum Gasteiger partial charge on any atom is -0.299 e. The van der Waals surface area contributed by atoms with E-state index in [0.29, 0.717) is 5.78 Å². The molecule has 0 aromatic carbocycles. The van der Waals surface area contributed by atoms with Crippen LogP contribution in [0.1, 0.15) is 39.0 Å². The summed E-state index contributed by atoms with van der Waals surface area (Å²) in [4.78, 5) is 11.5. The lowest BCUT2D eigenvalue weighted by molar-refractivity contribution is -0.130. The van der Waals surface area contributed by atoms with E-state index in [0.717, 1.165) is 25.7 Å². The molecule has 0 aromatic rings. The van der Waals surface area contributed by atoms with Crippen molar-refractivity contribution in [3.63, 3.8) is 0 Å². The summed E-state index contributed by atoms with van der Waals surface area (Å²) < 4.78 is 0. The van der Waals surface area contributed by atoms with Crippen LogP contribution in [-0.2, 0) is 4.79 Å². The highest BCUT2D eigenvalue weighted by Crippen LogP contribution is 2.35. The van der Waals surface area contributed by atoms with E-state index in [1.165, 1.54) is 6.42 Å². The molecule has 1 nitrogen and oxygen atoms in total. The number of Topliss-reactive ketones (excluding diaryl/α,β-unsaturated/α-hetero) is 1. The van der Waals surface area contributed by atoms with Gasteiger partial charge in [-0.15, -0.1) is 6.58 Å². The number of carbonyl (C=O) groups is 1. The maximum Gasteiger partial charge on any atom is 0.139 e. The maximum atomic E-state index is 11.5. The van der Waals surface area contributed by atoms with Gasteiger partial charge in [0.15, 0.2) is 0 Å². The monoisotopic (exact) mass is 152 g/mol. The summed E-state index contributed by atoms with van der Waals surface area (Å²) in [5.74, 6) is 0.434. The van der Waals surface area contributed by atoms with Gasteiger partial charge in [0.2, 0.25) is 0 Å². The minimum atomic E-state index is -0.0694. The Morgan fingerprint density at radius 1 is 1.64 bits per heavy atom. The average molecular weight is 152 g/mol. The second-order valence-electron chi connectivity index (χ2n) is 3.68. The van der Waals surface area contributed by atoms with E-state index in [1.807, 2.05) is 6.08 Å². The highest BCUT2D eigenvalue weighted by Gasteiger charge is 2.33. The van der Waals surface area contributed by atoms with Gasteiger partial charge in [0, 0.05) is 11.8 Å². The van der Waals surface area contributed by atoms with E-state index in [9.17, 15) is 4.79 Å². The molecule has 11 heavy (non-hydrogen) atoms. The SMILES string of the molecule is C=CC[C@@]1(C)CCCCC1=O. The molecule has 1 aliphatic carbocycles. The third-order valence-electron chi connectivity index (χ3n) is 2.65. The molecular formula is C10H16O. The van der Waals surface area contributed by atoms with Gasteiger partial charge >= 0.3 is 0 Å². The summed E-state index contributed by atoms with van der Waals surface area (Å²) >= 11 is 0. The molecule has 0 heterocycles. The van der Waals surface area contributed by atoms with Crippen LogP contribution in [0.4, 0.5) is 0 Å². The van der Waals surface area contributed by atoms with Crippen molar-refractivity contribution >= 4 is 5.78 Å². The standard InChI is InChI=1S/C10H16O/c1-3-7-10(2)8-5-4-6-9(10)11/h3H,1,4-8H2,2H3/t10-/m0/s1. The molecule has 0 spiro atoms. The second-order valence-corrected chi connectivity index (χ2v) is 3.68. The lowest BCUT2D eigenvalue weighted by Gasteiger charge is -2.30. The quantitative estimate of drug-likeness (QED) is 0.556. The molecule has 0 radical (unpaired) electrons. The zero-order valence-electron chi connectivity index (χ0n) is 7.23. The fourth-order valence-corrected chi connectivity index (χ4v) is 1.78. The summed E-state index contributed by atoms with van der Waals surface area (Å²) in [7, 11) is 0. The molecule has 0 unspecified atom stereocenters. The summed E-state index contributed by atoms with van der Waals surface area (Å²) in [5.41, 5.74) is -0.0694. The summed E-state index contributed by atoms with van der Waals surface area (Å²) in [6.07, 6.45) is 6.85. The van der Waals surface area contributed by atoms with Crippen molar-refractivity contribution < 1.29 is 4.79 Å². The molecule has 1 fully saturated rings. The van der Waals surface area contributed by atoms with Crippen LogP contribution >= 0.6 is 0 Å². The van der Waals surface area contributed by atoms with Crippen LogP contribution in [0, 0.1) is 5.41 Å². The maximum absolute atomic E-state index is 11.5. The summed E-state index contributed by atoms with van der Waals surface area (Å²) in [5, 5.41) is 0. The Morgan fingerprint density at radius 2 is 2.36 bits per heavy atom. The third-order valence-corrected chi connectivity index (χ3v) is 2.65. The third kappa shape index (κ3) is 1.70. The van der Waals surface area contributed by atoms with E-state index in [4.69, 9.17) is 0 Å². The van der Waals surface area contributed by atoms with Crippen molar-refractivity contribution in [1.29, 1.82) is 0 Å². The second kappa shape index (κ2) is 3.21. The molecular weight excluding hydrogens is 136 g/mol. The van der Waals surface area contributed by atoms with Crippen LogP contribution in [0.2, 0.25) is 0 Å². The zero-order valence-corrected chi connectivity index (χ0v) is 7.23. The van der Waals surface area contributed by atoms with Crippen LogP contribution in [-0.4, -0.2) is 5.78 Å². The van der Waals surface area contributed by atoms with Gasteiger partial charge in [-0.25, -0.2) is 0 Å². The molecule has 1 aliphatic rings. The molecule has 1 saturated carbocycles. The van der Waals surface area contributed by atoms with Gasteiger partial charge in [0.1, 0.15) is 5.78 Å². The number of hydrogen-bond donors (Lipinski definition) is 0. The number of allylic oxidation sites excluding steroid dienone is 1. The van der Waals surface area contributed by atoms with Crippen LogP contribution in [0.25, 0.3) is 0 Å². The summed E-state index contributed by atoms with van der Waals surface area (Å²) in [6.45, 7) is 5.75. The fourth-order valence-electron chi connectivity index (χ4n) is 1.78. The average Bonchev–Trinajstić information content (AvgIpc) is 1.96. The Labute approximate surface area is 68.5 Å². The van der Waals surface area contributed by atoms with Crippen molar-refractivity contribution in [3.8, 4) is 0 Å². The Kier molecular flexibility index (Phi) is 2.48. The molecule has 1 heteroatoms. The predicted molar refractivity (Wildman–Crippen MR) is 46.4 cm³/mol. The van der Waals surface area contributed by atoms with Crippen LogP contribution in [0.5, 0.6) is 0 Å². The number of carbonyl (C=O) groups excluding carboxylic acids is 1. The van der Waals surface area contributed by atoms with Gasteiger partial charge in [-0.1, -0.05) is 19.4 Å². The van der Waals surface area contributed by atoms with Crippen molar-refractivity contribution in [3.05, 3.63) is 12.7 Å². The molecule has 0 aliphatic heterocycles. The molecule has 1 atom stereocenters. The highest BCUT2D eigenvalue weighted by atomic mass is 16.1. The van der Waals surface area contributed by atoms with Crippen LogP contribution in [0.3, 0.4) is 0 Å². The van der Waals surface area contributed by atoms with Gasteiger partial charge in [-0.2, -0.15) is 0 Å². The van der Waals surface area contributed by atoms with Gasteiger partial charge in [0.05, 0.1) is 0 Å². The highest BCUT2D eigenvalue weighted by molar-refractivity contribution is 5.85. The van der Waals surface area contributed by atoms with Crippen molar-refractivity contribution in [1.82, 2.24) is 0 Å². The zero-order chi connectivity index (χ0) is 8.32. The van der Waals surface area contributed by atoms with E-state index >= 15 is 0 Å². The lowest BCUT2D eigenvalue weighted by atomic mass is 9.72. The number of hydrogen-bond acceptors (Lipinski definition) is 1. The van der Waals surface area contributed by atoms with E-state index in [2.05, 4.69) is 13.5 Å². The minimum absolute atomic E-state index is 0.0694. The normalized spacial score (nSPS) is 31.9. The van der Waals surface area contributed by atoms with Crippen molar-refractivity contribution in [2.75, 3.05) is 0 Å². The topological polar surface area (TPSA) is 17.1 Å². The van der Waals surface area contributed by atoms with E-state index < -0.39 is 0 Å². The van der Waals surface area contributed by atoms with Gasteiger partial charge < -0.3 is 0 Å². The Morgan fingerprint density at radius 3 is 2.91 bits per heavy atom. The predicted octanol–water partition coefficient (Wildman–Crippen LogP) is 2.71. The molecule has 62 valence electrons. The first kappa shape index (κ1) is 8.51. The van der Waals surface area contributed by atoms with Crippen LogP contribution in [0.15, 0.2) is 12.7 Å². The first-order valence-corrected chi connectivity index (χ1v) is 4.33. The van der Waals surface area contributed by atoms with Gasteiger partial charge in [-0.05, 0) is 19.3 Å². The Hall–Kier alpha value is -0.590. The first-order valence-electron chi connectivity index (χ1n) is 4.33. The molecule has 1 rings (SSSR count). The van der Waals surface area contributed by atoms with Gasteiger partial charge in [0.25, 0.3) is 0 Å². The molecule has 0 N–H and O–H groups in total. The fraction of sp³-hybridized carbons (Fsp3) is 0.700. The number of rotatable bonds is 2. The van der Waals surface area contributed by atoms with Crippen molar-refractivity contribution in [2.24, 2.45) is 5.41 Å². The molecule has 0 saturated heterocycles. The Bertz CT molecular complexity index is 172. The number of ketones is 1. The van der Waals surface area contributed by atoms with E-state index in [1.54, 1.807) is 0 Å². The lowest BCUT2D eigenvalue weighted by Crippen LogP contribution is -2.30. The van der Waals surface area contributed by atoms with Gasteiger partial charge in [-0.3, -0.25) is 4.79 Å². The molecule has 0 bridgehead atoms. The van der Waals surface area contributed by atoms with E-state index in [-0.39, 0.29) is 5.41 Å². The Balaban J connectivity index is 2.64. The van der Waals surface area contributed by atoms with Crippen LogP contribution < -0.4 is 0 Å². The first-order chi connectivity index (χ1) is 5.19. The summed E-state index contributed by atoms with van der Waals surface area (Å²) in [6, 6.07) is 0. The smallest absolute Gasteiger partial charge is 0.139 e.